The largest absolute Gasteiger partial charge is 0.550 e. The Bertz CT molecular complexity index is 206. The van der Waals surface area contributed by atoms with Gasteiger partial charge in [0, 0.05) is 18.0 Å². The first-order valence-corrected chi connectivity index (χ1v) is 5.73. The summed E-state index contributed by atoms with van der Waals surface area (Å²) in [4.78, 5) is 19.4. The maximum absolute atomic E-state index is 11.2. The molecule has 0 amide bonds. The third-order valence-corrected chi connectivity index (χ3v) is 3.60. The molecule has 0 saturated heterocycles. The van der Waals surface area contributed by atoms with Crippen LogP contribution in [0.15, 0.2) is 0 Å². The van der Waals surface area contributed by atoms with Gasteiger partial charge in [0.1, 0.15) is 0 Å². The molecule has 0 aliphatic heterocycles. The van der Waals surface area contributed by atoms with Crippen molar-refractivity contribution in [3.8, 4) is 0 Å². The third kappa shape index (κ3) is 4.49. The highest BCUT2D eigenvalue weighted by Crippen LogP contribution is 2.41. The molecule has 0 fully saturated rings. The zero-order valence-corrected chi connectivity index (χ0v) is 7.92. The standard InChI is InChI=1S/C6H14NO4P/c1-5(6(8)9)4-12(10,11)3-2-7/h5H,2-4,7H2,1H3,(H,8,9)(H,10,11)/t5-/m1/s1. The van der Waals surface area contributed by atoms with Crippen LogP contribution in [0.3, 0.4) is 0 Å². The van der Waals surface area contributed by atoms with Crippen LogP contribution in [-0.2, 0) is 9.36 Å². The van der Waals surface area contributed by atoms with E-state index < -0.39 is 19.3 Å². The Morgan fingerprint density at radius 3 is 2.58 bits per heavy atom. The lowest BCUT2D eigenvalue weighted by Gasteiger charge is -2.16. The smallest absolute Gasteiger partial charge is 0.206 e. The van der Waals surface area contributed by atoms with Crippen LogP contribution in [0.4, 0.5) is 0 Å². The van der Waals surface area contributed by atoms with Crippen molar-refractivity contribution >= 4 is 13.3 Å². The summed E-state index contributed by atoms with van der Waals surface area (Å²) in [6.07, 6.45) is -0.143. The molecule has 5 nitrogen and oxygen atoms in total. The first-order valence-electron chi connectivity index (χ1n) is 3.70. The highest BCUT2D eigenvalue weighted by molar-refractivity contribution is 7.58. The van der Waals surface area contributed by atoms with Gasteiger partial charge in [-0.2, -0.15) is 0 Å². The number of aliphatic carboxylic acids is 1. The number of hydrogen-bond donors (Lipinski definition) is 2. The molecule has 0 aromatic carbocycles. The minimum atomic E-state index is -3.29. The lowest BCUT2D eigenvalue weighted by atomic mass is 10.2. The van der Waals surface area contributed by atoms with Crippen LogP contribution >= 0.6 is 7.37 Å². The van der Waals surface area contributed by atoms with E-state index in [1.165, 1.54) is 6.92 Å². The summed E-state index contributed by atoms with van der Waals surface area (Å²) in [7, 11) is -3.29. The van der Waals surface area contributed by atoms with Gasteiger partial charge in [0.2, 0.25) is 7.37 Å². The van der Waals surface area contributed by atoms with Crippen LogP contribution in [0.25, 0.3) is 0 Å². The number of carboxylic acids is 1. The van der Waals surface area contributed by atoms with E-state index in [1.54, 1.807) is 0 Å². The van der Waals surface area contributed by atoms with Crippen molar-refractivity contribution in [2.75, 3.05) is 18.9 Å². The predicted octanol–water partition coefficient (Wildman–Crippen LogP) is -2.12. The van der Waals surface area contributed by atoms with E-state index in [9.17, 15) is 14.5 Å². The summed E-state index contributed by atoms with van der Waals surface area (Å²) < 4.78 is 11.2. The van der Waals surface area contributed by atoms with Gasteiger partial charge in [-0.05, 0) is 0 Å². The van der Waals surface area contributed by atoms with Crippen LogP contribution in [0.5, 0.6) is 0 Å². The highest BCUT2D eigenvalue weighted by atomic mass is 31.2. The van der Waals surface area contributed by atoms with Gasteiger partial charge in [-0.15, -0.1) is 0 Å². The molecule has 4 N–H and O–H groups in total. The Morgan fingerprint density at radius 2 is 2.25 bits per heavy atom. The van der Waals surface area contributed by atoms with Crippen LogP contribution < -0.4 is 10.8 Å². The van der Waals surface area contributed by atoms with E-state index in [-0.39, 0.29) is 12.3 Å². The molecule has 12 heavy (non-hydrogen) atoms. The first-order chi connectivity index (χ1) is 5.39. The van der Waals surface area contributed by atoms with Gasteiger partial charge in [0.05, 0.1) is 12.7 Å². The molecule has 1 unspecified atom stereocenters. The molecular formula is C6H14NO4P. The fraction of sp³-hybridized carbons (Fsp3) is 0.833. The molecule has 6 heteroatoms. The molecule has 0 saturated carbocycles. The quantitative estimate of drug-likeness (QED) is 0.489. The third-order valence-electron chi connectivity index (χ3n) is 1.47. The van der Waals surface area contributed by atoms with Crippen molar-refractivity contribution in [2.24, 2.45) is 5.92 Å². The molecule has 0 bridgehead atoms. The Balaban J connectivity index is 4.05. The van der Waals surface area contributed by atoms with Gasteiger partial charge < -0.3 is 20.5 Å². The molecule has 0 aromatic heterocycles. The van der Waals surface area contributed by atoms with Crippen LogP contribution in [0.1, 0.15) is 6.92 Å². The van der Waals surface area contributed by atoms with Crippen molar-refractivity contribution in [1.29, 1.82) is 0 Å². The SMILES string of the molecule is C[C@H](CP(=O)(O)CC[NH3+])C(=O)[O-]. The Labute approximate surface area is 71.0 Å². The van der Waals surface area contributed by atoms with Crippen LogP contribution in [0.2, 0.25) is 0 Å². The van der Waals surface area contributed by atoms with Crippen LogP contribution in [-0.4, -0.2) is 29.7 Å². The molecule has 0 aliphatic rings. The van der Waals surface area contributed by atoms with Gasteiger partial charge in [-0.1, -0.05) is 6.92 Å². The second kappa shape index (κ2) is 4.60. The molecule has 0 aliphatic carbocycles. The normalized spacial score (nSPS) is 18.2. The Morgan fingerprint density at radius 1 is 1.75 bits per heavy atom. The van der Waals surface area contributed by atoms with E-state index in [4.69, 9.17) is 4.89 Å². The highest BCUT2D eigenvalue weighted by Gasteiger charge is 2.21. The van der Waals surface area contributed by atoms with E-state index in [1.807, 2.05) is 0 Å². The Kier molecular flexibility index (Phi) is 4.45. The van der Waals surface area contributed by atoms with Crippen molar-refractivity contribution in [2.45, 2.75) is 6.92 Å². The Hall–Kier alpha value is -0.380. The zero-order valence-electron chi connectivity index (χ0n) is 7.02. The van der Waals surface area contributed by atoms with Gasteiger partial charge in [0.15, 0.2) is 0 Å². The minimum Gasteiger partial charge on any atom is -0.550 e. The maximum Gasteiger partial charge on any atom is 0.206 e. The number of carbonyl (C=O) groups is 1. The summed E-state index contributed by atoms with van der Waals surface area (Å²) in [6, 6.07) is 0. The fourth-order valence-electron chi connectivity index (χ4n) is 0.841. The van der Waals surface area contributed by atoms with Crippen molar-refractivity contribution in [3.05, 3.63) is 0 Å². The average Bonchev–Trinajstić information content (AvgIpc) is 1.85. The van der Waals surface area contributed by atoms with Gasteiger partial charge in [-0.25, -0.2) is 0 Å². The molecule has 0 radical (unpaired) electrons. The van der Waals surface area contributed by atoms with E-state index >= 15 is 0 Å². The van der Waals surface area contributed by atoms with Crippen molar-refractivity contribution < 1.29 is 25.1 Å². The zero-order chi connectivity index (χ0) is 9.78. The van der Waals surface area contributed by atoms with Gasteiger partial charge in [0.25, 0.3) is 0 Å². The van der Waals surface area contributed by atoms with E-state index in [0.717, 1.165) is 0 Å². The van der Waals surface area contributed by atoms with E-state index in [2.05, 4.69) is 5.73 Å². The van der Waals surface area contributed by atoms with Crippen LogP contribution in [0, 0.1) is 5.92 Å². The number of quaternary nitrogens is 1. The average molecular weight is 195 g/mol. The predicted molar refractivity (Wildman–Crippen MR) is 41.5 cm³/mol. The van der Waals surface area contributed by atoms with Gasteiger partial charge >= 0.3 is 0 Å². The summed E-state index contributed by atoms with van der Waals surface area (Å²) in [5, 5.41) is 10.2. The lowest BCUT2D eigenvalue weighted by Crippen LogP contribution is -2.52. The summed E-state index contributed by atoms with van der Waals surface area (Å²) in [6.45, 7) is 1.70. The first kappa shape index (κ1) is 11.6. The molecule has 0 aromatic rings. The second-order valence-electron chi connectivity index (χ2n) is 2.83. The minimum absolute atomic E-state index is 0.0740. The monoisotopic (exact) mass is 195 g/mol. The maximum atomic E-state index is 11.2. The lowest BCUT2D eigenvalue weighted by molar-refractivity contribution is -0.360. The number of hydrogen-bond acceptors (Lipinski definition) is 3. The fourth-order valence-corrected chi connectivity index (χ4v) is 2.52. The van der Waals surface area contributed by atoms with E-state index in [0.29, 0.717) is 6.54 Å². The molecule has 72 valence electrons. The summed E-state index contributed by atoms with van der Waals surface area (Å²) in [5.74, 6) is -2.15. The van der Waals surface area contributed by atoms with Gasteiger partial charge in [-0.3, -0.25) is 4.57 Å². The molecule has 0 rings (SSSR count). The number of carboxylic acid groups (broad SMARTS) is 1. The van der Waals surface area contributed by atoms with Crippen molar-refractivity contribution in [1.82, 2.24) is 0 Å². The second-order valence-corrected chi connectivity index (χ2v) is 5.33. The van der Waals surface area contributed by atoms with Crippen molar-refractivity contribution in [3.63, 3.8) is 0 Å². The molecule has 2 atom stereocenters. The molecule has 0 heterocycles. The summed E-state index contributed by atoms with van der Waals surface area (Å²) >= 11 is 0. The molecule has 0 spiro atoms. The molecular weight excluding hydrogens is 181 g/mol. The summed E-state index contributed by atoms with van der Waals surface area (Å²) in [5.41, 5.74) is 3.43. The number of rotatable bonds is 5. The topological polar surface area (TPSA) is 105 Å². The number of carbonyl (C=O) groups excluding carboxylic acids is 1.